The molecule has 3 aromatic rings. The molecular weight excluding hydrogens is 279 g/mol. The van der Waals surface area contributed by atoms with Crippen molar-refractivity contribution in [2.45, 2.75) is 13.1 Å². The lowest BCUT2D eigenvalue weighted by molar-refractivity contribution is 0.0746. The average Bonchev–Trinajstić information content (AvgIpc) is 2.98. The van der Waals surface area contributed by atoms with E-state index in [2.05, 4.69) is 4.98 Å². The second kappa shape index (κ2) is 4.91. The molecule has 0 saturated carbocycles. The number of halogens is 1. The Morgan fingerprint density at radius 3 is 2.41 bits per heavy atom. The molecule has 22 heavy (non-hydrogen) atoms. The monoisotopic (exact) mass is 292 g/mol. The molecule has 0 atom stereocenters. The molecule has 4 heteroatoms. The maximum absolute atomic E-state index is 13.8. The summed E-state index contributed by atoms with van der Waals surface area (Å²) < 4.78 is 13.8. The van der Waals surface area contributed by atoms with E-state index in [0.29, 0.717) is 18.5 Å². The first-order valence-electron chi connectivity index (χ1n) is 7.14. The van der Waals surface area contributed by atoms with Gasteiger partial charge in [-0.25, -0.2) is 9.37 Å². The molecule has 108 valence electrons. The minimum atomic E-state index is -0.406. The predicted octanol–water partition coefficient (Wildman–Crippen LogP) is 3.53. The SMILES string of the molecule is O=C(c1ccc2cccc(F)c2n1)N1Cc2ccccc2C1. The molecule has 0 aliphatic carbocycles. The third kappa shape index (κ3) is 2.04. The topological polar surface area (TPSA) is 33.2 Å². The van der Waals surface area contributed by atoms with Gasteiger partial charge in [-0.15, -0.1) is 0 Å². The number of hydrogen-bond donors (Lipinski definition) is 0. The van der Waals surface area contributed by atoms with E-state index in [-0.39, 0.29) is 17.1 Å². The Morgan fingerprint density at radius 1 is 0.955 bits per heavy atom. The number of amides is 1. The van der Waals surface area contributed by atoms with E-state index in [1.54, 1.807) is 29.2 Å². The minimum absolute atomic E-state index is 0.165. The smallest absolute Gasteiger partial charge is 0.273 e. The van der Waals surface area contributed by atoms with Crippen LogP contribution in [0.3, 0.4) is 0 Å². The van der Waals surface area contributed by atoms with Crippen LogP contribution in [0.4, 0.5) is 4.39 Å². The first-order valence-corrected chi connectivity index (χ1v) is 7.14. The molecule has 2 aromatic carbocycles. The highest BCUT2D eigenvalue weighted by Crippen LogP contribution is 2.24. The molecule has 1 aliphatic heterocycles. The first kappa shape index (κ1) is 13.0. The zero-order chi connectivity index (χ0) is 15.1. The van der Waals surface area contributed by atoms with Gasteiger partial charge in [0.25, 0.3) is 5.91 Å². The van der Waals surface area contributed by atoms with Crippen molar-refractivity contribution in [2.75, 3.05) is 0 Å². The van der Waals surface area contributed by atoms with Crippen LogP contribution < -0.4 is 0 Å². The van der Waals surface area contributed by atoms with Gasteiger partial charge in [-0.2, -0.15) is 0 Å². The van der Waals surface area contributed by atoms with Crippen molar-refractivity contribution in [1.29, 1.82) is 0 Å². The fourth-order valence-corrected chi connectivity index (χ4v) is 2.87. The lowest BCUT2D eigenvalue weighted by Crippen LogP contribution is -2.26. The third-order valence-electron chi connectivity index (χ3n) is 4.02. The number of rotatable bonds is 1. The summed E-state index contributed by atoms with van der Waals surface area (Å²) in [5.41, 5.74) is 2.83. The Balaban J connectivity index is 1.68. The largest absolute Gasteiger partial charge is 0.329 e. The second-order valence-electron chi connectivity index (χ2n) is 5.44. The van der Waals surface area contributed by atoms with E-state index in [0.717, 1.165) is 11.1 Å². The van der Waals surface area contributed by atoms with Crippen LogP contribution in [0.2, 0.25) is 0 Å². The molecule has 3 nitrogen and oxygen atoms in total. The summed E-state index contributed by atoms with van der Waals surface area (Å²) in [4.78, 5) is 18.6. The quantitative estimate of drug-likeness (QED) is 0.687. The van der Waals surface area contributed by atoms with Gasteiger partial charge in [0, 0.05) is 18.5 Å². The van der Waals surface area contributed by atoms with Gasteiger partial charge in [-0.1, -0.05) is 42.5 Å². The Morgan fingerprint density at radius 2 is 1.68 bits per heavy atom. The predicted molar refractivity (Wildman–Crippen MR) is 81.7 cm³/mol. The number of carbonyl (C=O) groups excluding carboxylic acids is 1. The van der Waals surface area contributed by atoms with Crippen molar-refractivity contribution in [2.24, 2.45) is 0 Å². The zero-order valence-electron chi connectivity index (χ0n) is 11.8. The molecular formula is C18H13FN2O. The second-order valence-corrected chi connectivity index (χ2v) is 5.44. The number of carbonyl (C=O) groups is 1. The van der Waals surface area contributed by atoms with E-state index in [1.165, 1.54) is 6.07 Å². The van der Waals surface area contributed by atoms with Crippen molar-refractivity contribution < 1.29 is 9.18 Å². The molecule has 4 rings (SSSR count). The molecule has 1 aliphatic rings. The lowest BCUT2D eigenvalue weighted by Gasteiger charge is -2.15. The Labute approximate surface area is 127 Å². The van der Waals surface area contributed by atoms with Gasteiger partial charge in [0.2, 0.25) is 0 Å². The molecule has 0 bridgehead atoms. The molecule has 0 spiro atoms. The highest BCUT2D eigenvalue weighted by Gasteiger charge is 2.24. The van der Waals surface area contributed by atoms with Crippen LogP contribution in [0, 0.1) is 5.82 Å². The fraction of sp³-hybridized carbons (Fsp3) is 0.111. The molecule has 0 N–H and O–H groups in total. The van der Waals surface area contributed by atoms with Crippen molar-refractivity contribution in [3.05, 3.63) is 77.2 Å². The van der Waals surface area contributed by atoms with Crippen LogP contribution in [0.25, 0.3) is 10.9 Å². The van der Waals surface area contributed by atoms with Crippen molar-refractivity contribution in [3.8, 4) is 0 Å². The summed E-state index contributed by atoms with van der Waals surface area (Å²) in [6.45, 7) is 1.15. The highest BCUT2D eigenvalue weighted by atomic mass is 19.1. The first-order chi connectivity index (χ1) is 10.7. The molecule has 2 heterocycles. The van der Waals surface area contributed by atoms with Gasteiger partial charge in [0.15, 0.2) is 0 Å². The number of benzene rings is 2. The van der Waals surface area contributed by atoms with Gasteiger partial charge in [0.1, 0.15) is 17.0 Å². The lowest BCUT2D eigenvalue weighted by atomic mass is 10.1. The van der Waals surface area contributed by atoms with Crippen molar-refractivity contribution >= 4 is 16.8 Å². The number of fused-ring (bicyclic) bond motifs is 2. The fourth-order valence-electron chi connectivity index (χ4n) is 2.87. The van der Waals surface area contributed by atoms with Gasteiger partial charge in [0.05, 0.1) is 0 Å². The van der Waals surface area contributed by atoms with Crippen LogP contribution in [0.15, 0.2) is 54.6 Å². The summed E-state index contributed by atoms with van der Waals surface area (Å²) in [5.74, 6) is -0.571. The van der Waals surface area contributed by atoms with E-state index in [4.69, 9.17) is 0 Å². The van der Waals surface area contributed by atoms with Crippen LogP contribution in [-0.4, -0.2) is 15.8 Å². The molecule has 0 unspecified atom stereocenters. The van der Waals surface area contributed by atoms with E-state index in [1.807, 2.05) is 24.3 Å². The van der Waals surface area contributed by atoms with Crippen molar-refractivity contribution in [1.82, 2.24) is 9.88 Å². The standard InChI is InChI=1S/C18H13FN2O/c19-15-7-3-6-12-8-9-16(20-17(12)15)18(22)21-10-13-4-1-2-5-14(13)11-21/h1-9H,10-11H2. The van der Waals surface area contributed by atoms with E-state index >= 15 is 0 Å². The number of para-hydroxylation sites is 1. The van der Waals surface area contributed by atoms with E-state index in [9.17, 15) is 9.18 Å². The maximum atomic E-state index is 13.8. The number of pyridine rings is 1. The summed E-state index contributed by atoms with van der Waals surface area (Å²) in [5, 5.41) is 0.696. The Kier molecular flexibility index (Phi) is 2.89. The van der Waals surface area contributed by atoms with E-state index < -0.39 is 5.82 Å². The molecule has 0 fully saturated rings. The molecule has 0 saturated heterocycles. The Hall–Kier alpha value is -2.75. The highest BCUT2D eigenvalue weighted by molar-refractivity contribution is 5.95. The summed E-state index contributed by atoms with van der Waals surface area (Å²) in [6.07, 6.45) is 0. The van der Waals surface area contributed by atoms with Crippen LogP contribution >= 0.6 is 0 Å². The number of aromatic nitrogens is 1. The zero-order valence-corrected chi connectivity index (χ0v) is 11.8. The van der Waals surface area contributed by atoms with Gasteiger partial charge >= 0.3 is 0 Å². The van der Waals surface area contributed by atoms with Gasteiger partial charge < -0.3 is 4.90 Å². The maximum Gasteiger partial charge on any atom is 0.273 e. The van der Waals surface area contributed by atoms with Crippen LogP contribution in [0.5, 0.6) is 0 Å². The summed E-state index contributed by atoms with van der Waals surface area (Å²) in [7, 11) is 0. The summed E-state index contributed by atoms with van der Waals surface area (Å²) >= 11 is 0. The molecule has 1 aromatic heterocycles. The number of nitrogens with zero attached hydrogens (tertiary/aromatic N) is 2. The summed E-state index contributed by atoms with van der Waals surface area (Å²) in [6, 6.07) is 16.2. The Bertz CT molecular complexity index is 866. The van der Waals surface area contributed by atoms with Gasteiger partial charge in [-0.05, 0) is 23.3 Å². The third-order valence-corrected chi connectivity index (χ3v) is 4.02. The molecule has 0 radical (unpaired) electrons. The minimum Gasteiger partial charge on any atom is -0.329 e. The normalized spacial score (nSPS) is 13.4. The van der Waals surface area contributed by atoms with Crippen molar-refractivity contribution in [3.63, 3.8) is 0 Å². The van der Waals surface area contributed by atoms with Crippen LogP contribution in [0.1, 0.15) is 21.6 Å². The average molecular weight is 292 g/mol. The molecule has 1 amide bonds. The number of hydrogen-bond acceptors (Lipinski definition) is 2. The van der Waals surface area contributed by atoms with Gasteiger partial charge in [-0.3, -0.25) is 4.79 Å². The van der Waals surface area contributed by atoms with Crippen LogP contribution in [-0.2, 0) is 13.1 Å².